The van der Waals surface area contributed by atoms with Gasteiger partial charge in [-0.25, -0.2) is 19.2 Å². The largest absolute Gasteiger partial charge is 0.444 e. The fourth-order valence-corrected chi connectivity index (χ4v) is 4.44. The van der Waals surface area contributed by atoms with Gasteiger partial charge in [-0.3, -0.25) is 10.2 Å². The van der Waals surface area contributed by atoms with Crippen LogP contribution in [0, 0.1) is 11.2 Å². The molecule has 2 amide bonds. The van der Waals surface area contributed by atoms with Crippen LogP contribution in [0.3, 0.4) is 0 Å². The van der Waals surface area contributed by atoms with Crippen molar-refractivity contribution in [1.29, 1.82) is 5.41 Å². The number of halogens is 1. The van der Waals surface area contributed by atoms with Crippen LogP contribution in [0.5, 0.6) is 0 Å². The molecule has 0 bridgehead atoms. The van der Waals surface area contributed by atoms with Gasteiger partial charge in [-0.15, -0.1) is 11.8 Å². The second kappa shape index (κ2) is 11.8. The van der Waals surface area contributed by atoms with Gasteiger partial charge in [0.05, 0.1) is 10.7 Å². The van der Waals surface area contributed by atoms with E-state index in [-0.39, 0.29) is 23.8 Å². The van der Waals surface area contributed by atoms with Gasteiger partial charge in [0.15, 0.2) is 0 Å². The maximum absolute atomic E-state index is 14.1. The summed E-state index contributed by atoms with van der Waals surface area (Å²) in [7, 11) is 0. The van der Waals surface area contributed by atoms with Crippen LogP contribution < -0.4 is 5.32 Å². The molecule has 9 nitrogen and oxygen atoms in total. The van der Waals surface area contributed by atoms with Gasteiger partial charge in [0, 0.05) is 60.8 Å². The van der Waals surface area contributed by atoms with Gasteiger partial charge < -0.3 is 19.9 Å². The number of rotatable bonds is 5. The summed E-state index contributed by atoms with van der Waals surface area (Å²) >= 11 is 1.27. The predicted octanol–water partition coefficient (Wildman–Crippen LogP) is 5.41. The van der Waals surface area contributed by atoms with Crippen molar-refractivity contribution in [3.05, 3.63) is 71.8 Å². The number of carbonyl (C=O) groups excluding carboxylic acids is 2. The molecule has 0 aliphatic carbocycles. The number of anilines is 2. The zero-order valence-corrected chi connectivity index (χ0v) is 23.1. The standard InChI is InChI=1S/C28H31FN6O3S/c1-28(2,3)38-27(37)35-13-11-34(12-14-35)25(36)18-9-10-21(24(30)39-4)23(15-18)33-26-31-16-19(17-32-26)20-7-5-6-8-22(20)29/h5-10,15-17,30H,11-14H2,1-4H3,(H,31,32,33). The van der Waals surface area contributed by atoms with Crippen molar-refractivity contribution in [3.63, 3.8) is 0 Å². The van der Waals surface area contributed by atoms with Crippen LogP contribution in [-0.4, -0.2) is 74.8 Å². The summed E-state index contributed by atoms with van der Waals surface area (Å²) in [4.78, 5) is 37.6. The fraction of sp³-hybridized carbons (Fsp3) is 0.321. The Hall–Kier alpha value is -3.99. The van der Waals surface area contributed by atoms with Crippen LogP contribution in [0.4, 0.5) is 20.8 Å². The molecule has 4 rings (SSSR count). The summed E-state index contributed by atoms with van der Waals surface area (Å²) < 4.78 is 19.6. The molecule has 1 aromatic heterocycles. The number of hydrogen-bond donors (Lipinski definition) is 2. The zero-order valence-electron chi connectivity index (χ0n) is 22.3. The molecular formula is C28H31FN6O3S. The Kier molecular flexibility index (Phi) is 8.49. The van der Waals surface area contributed by atoms with Crippen LogP contribution in [-0.2, 0) is 4.74 Å². The molecule has 0 radical (unpaired) electrons. The van der Waals surface area contributed by atoms with E-state index in [1.54, 1.807) is 52.5 Å². The average Bonchev–Trinajstić information content (AvgIpc) is 2.92. The second-order valence-electron chi connectivity index (χ2n) is 9.95. The van der Waals surface area contributed by atoms with Crippen molar-refractivity contribution in [3.8, 4) is 11.1 Å². The highest BCUT2D eigenvalue weighted by Gasteiger charge is 2.28. The minimum atomic E-state index is -0.582. The van der Waals surface area contributed by atoms with E-state index in [4.69, 9.17) is 10.1 Å². The summed E-state index contributed by atoms with van der Waals surface area (Å²) in [5.41, 5.74) is 1.88. The lowest BCUT2D eigenvalue weighted by atomic mass is 10.1. The number of ether oxygens (including phenoxy) is 1. The van der Waals surface area contributed by atoms with Crippen molar-refractivity contribution >= 4 is 40.4 Å². The predicted molar refractivity (Wildman–Crippen MR) is 151 cm³/mol. The number of thioether (sulfide) groups is 1. The maximum atomic E-state index is 14.1. The lowest BCUT2D eigenvalue weighted by molar-refractivity contribution is 0.0141. The Morgan fingerprint density at radius 3 is 2.28 bits per heavy atom. The van der Waals surface area contributed by atoms with Gasteiger partial charge in [0.2, 0.25) is 5.95 Å². The Morgan fingerprint density at radius 1 is 1.03 bits per heavy atom. The SMILES string of the molecule is CSC(=N)c1ccc(C(=O)N2CCN(C(=O)OC(C)(C)C)CC2)cc1Nc1ncc(-c2ccccc2F)cn1. The first-order valence-corrected chi connectivity index (χ1v) is 13.7. The van der Waals surface area contributed by atoms with Gasteiger partial charge >= 0.3 is 6.09 Å². The molecule has 2 aromatic carbocycles. The van der Waals surface area contributed by atoms with E-state index >= 15 is 0 Å². The number of nitrogens with one attached hydrogen (secondary N) is 2. The first-order valence-electron chi connectivity index (χ1n) is 12.4. The van der Waals surface area contributed by atoms with E-state index in [2.05, 4.69) is 15.3 Å². The molecular weight excluding hydrogens is 519 g/mol. The highest BCUT2D eigenvalue weighted by Crippen LogP contribution is 2.27. The summed E-state index contributed by atoms with van der Waals surface area (Å²) in [6.45, 7) is 6.97. The fourth-order valence-electron chi connectivity index (χ4n) is 4.04. The third kappa shape index (κ3) is 6.91. The molecule has 1 saturated heterocycles. The molecule has 1 fully saturated rings. The third-order valence-electron chi connectivity index (χ3n) is 6.02. The van der Waals surface area contributed by atoms with Crippen LogP contribution in [0.15, 0.2) is 54.9 Å². The second-order valence-corrected chi connectivity index (χ2v) is 10.8. The van der Waals surface area contributed by atoms with E-state index < -0.39 is 5.60 Å². The highest BCUT2D eigenvalue weighted by atomic mass is 32.2. The van der Waals surface area contributed by atoms with Crippen molar-refractivity contribution < 1.29 is 18.7 Å². The topological polar surface area (TPSA) is 112 Å². The summed E-state index contributed by atoms with van der Waals surface area (Å²) in [5, 5.41) is 11.8. The van der Waals surface area contributed by atoms with Crippen LogP contribution in [0.1, 0.15) is 36.7 Å². The van der Waals surface area contributed by atoms with E-state index in [1.165, 1.54) is 30.2 Å². The molecule has 0 saturated carbocycles. The number of hydrogen-bond acceptors (Lipinski definition) is 8. The summed E-state index contributed by atoms with van der Waals surface area (Å²) in [5.74, 6) is -0.295. The lowest BCUT2D eigenvalue weighted by Gasteiger charge is -2.35. The number of benzene rings is 2. The zero-order chi connectivity index (χ0) is 28.2. The molecule has 1 aliphatic heterocycles. The van der Waals surface area contributed by atoms with E-state index in [0.29, 0.717) is 59.2 Å². The molecule has 2 N–H and O–H groups in total. The molecule has 0 spiro atoms. The molecule has 0 atom stereocenters. The Bertz CT molecular complexity index is 1370. The quantitative estimate of drug-likeness (QED) is 0.323. The summed E-state index contributed by atoms with van der Waals surface area (Å²) in [6.07, 6.45) is 4.45. The van der Waals surface area contributed by atoms with E-state index in [1.807, 2.05) is 20.8 Å². The van der Waals surface area contributed by atoms with Crippen molar-refractivity contribution in [2.45, 2.75) is 26.4 Å². The number of carbonyl (C=O) groups is 2. The Balaban J connectivity index is 1.50. The first-order chi connectivity index (χ1) is 18.6. The maximum Gasteiger partial charge on any atom is 0.410 e. The van der Waals surface area contributed by atoms with Gasteiger partial charge in [0.1, 0.15) is 11.4 Å². The van der Waals surface area contributed by atoms with E-state index in [9.17, 15) is 14.0 Å². The van der Waals surface area contributed by atoms with Gasteiger partial charge in [-0.2, -0.15) is 0 Å². The monoisotopic (exact) mass is 550 g/mol. The molecule has 204 valence electrons. The molecule has 2 heterocycles. The minimum Gasteiger partial charge on any atom is -0.444 e. The Labute approximate surface area is 231 Å². The molecule has 11 heteroatoms. The Morgan fingerprint density at radius 2 is 1.67 bits per heavy atom. The van der Waals surface area contributed by atoms with Crippen molar-refractivity contribution in [2.75, 3.05) is 37.8 Å². The average molecular weight is 551 g/mol. The molecule has 0 unspecified atom stereocenters. The van der Waals surface area contributed by atoms with Gasteiger partial charge in [-0.05, 0) is 51.3 Å². The normalized spacial score (nSPS) is 13.7. The minimum absolute atomic E-state index is 0.181. The summed E-state index contributed by atoms with van der Waals surface area (Å²) in [6, 6.07) is 11.5. The van der Waals surface area contributed by atoms with Crippen molar-refractivity contribution in [2.24, 2.45) is 0 Å². The smallest absolute Gasteiger partial charge is 0.410 e. The van der Waals surface area contributed by atoms with Gasteiger partial charge in [-0.1, -0.05) is 18.2 Å². The van der Waals surface area contributed by atoms with Crippen molar-refractivity contribution in [1.82, 2.24) is 19.8 Å². The lowest BCUT2D eigenvalue weighted by Crippen LogP contribution is -2.51. The molecule has 39 heavy (non-hydrogen) atoms. The van der Waals surface area contributed by atoms with Crippen LogP contribution >= 0.6 is 11.8 Å². The third-order valence-corrected chi connectivity index (χ3v) is 6.65. The first kappa shape index (κ1) is 28.0. The number of amides is 2. The van der Waals surface area contributed by atoms with Crippen LogP contribution in [0.2, 0.25) is 0 Å². The number of aromatic nitrogens is 2. The van der Waals surface area contributed by atoms with Gasteiger partial charge in [0.25, 0.3) is 5.91 Å². The number of nitrogens with zero attached hydrogens (tertiary/aromatic N) is 4. The highest BCUT2D eigenvalue weighted by molar-refractivity contribution is 8.13. The number of piperazine rings is 1. The molecule has 3 aromatic rings. The van der Waals surface area contributed by atoms with Crippen LogP contribution in [0.25, 0.3) is 11.1 Å². The molecule has 1 aliphatic rings. The van der Waals surface area contributed by atoms with E-state index in [0.717, 1.165) is 0 Å².